The van der Waals surface area contributed by atoms with E-state index in [0.29, 0.717) is 0 Å². The molecule has 1 unspecified atom stereocenters. The fourth-order valence-electron chi connectivity index (χ4n) is 2.56. The summed E-state index contributed by atoms with van der Waals surface area (Å²) in [5.41, 5.74) is 9.31. The summed E-state index contributed by atoms with van der Waals surface area (Å²) in [6.07, 6.45) is 1.28. The van der Waals surface area contributed by atoms with Gasteiger partial charge in [0.25, 0.3) is 0 Å². The molecule has 0 amide bonds. The standard InChI is InChI=1S/C14H23N3/c1-11-4-5-13(8-14(11)15)17-7-6-12(10-17)9-16(2)3/h4-5,8,12H,6-7,9-10,15H2,1-3H3. The Balaban J connectivity index is 2.02. The van der Waals surface area contributed by atoms with Gasteiger partial charge in [-0.3, -0.25) is 0 Å². The Bertz CT molecular complexity index is 387. The molecule has 1 saturated heterocycles. The summed E-state index contributed by atoms with van der Waals surface area (Å²) in [5.74, 6) is 0.785. The van der Waals surface area contributed by atoms with Crippen LogP contribution in [0.5, 0.6) is 0 Å². The first-order chi connectivity index (χ1) is 8.06. The Kier molecular flexibility index (Phi) is 3.57. The molecule has 0 aliphatic carbocycles. The average Bonchev–Trinajstić information content (AvgIpc) is 2.69. The number of nitrogen functional groups attached to an aromatic ring is 1. The van der Waals surface area contributed by atoms with E-state index in [1.165, 1.54) is 18.7 Å². The molecule has 17 heavy (non-hydrogen) atoms. The first kappa shape index (κ1) is 12.2. The Morgan fingerprint density at radius 2 is 2.18 bits per heavy atom. The van der Waals surface area contributed by atoms with Gasteiger partial charge in [0.05, 0.1) is 0 Å². The van der Waals surface area contributed by atoms with E-state index in [1.54, 1.807) is 0 Å². The maximum absolute atomic E-state index is 5.97. The van der Waals surface area contributed by atoms with Gasteiger partial charge in [-0.2, -0.15) is 0 Å². The number of benzene rings is 1. The molecule has 3 nitrogen and oxygen atoms in total. The lowest BCUT2D eigenvalue weighted by Gasteiger charge is -2.21. The van der Waals surface area contributed by atoms with E-state index in [1.807, 2.05) is 0 Å². The van der Waals surface area contributed by atoms with E-state index in [9.17, 15) is 0 Å². The second-order valence-electron chi connectivity index (χ2n) is 5.40. The zero-order valence-corrected chi connectivity index (χ0v) is 11.1. The molecule has 0 bridgehead atoms. The first-order valence-corrected chi connectivity index (χ1v) is 6.32. The van der Waals surface area contributed by atoms with E-state index < -0.39 is 0 Å². The van der Waals surface area contributed by atoms with Gasteiger partial charge in [-0.15, -0.1) is 0 Å². The molecular weight excluding hydrogens is 210 g/mol. The SMILES string of the molecule is Cc1ccc(N2CCC(CN(C)C)C2)cc1N. The fourth-order valence-corrected chi connectivity index (χ4v) is 2.56. The molecule has 1 atom stereocenters. The molecule has 1 aliphatic heterocycles. The number of nitrogens with zero attached hydrogens (tertiary/aromatic N) is 2. The predicted molar refractivity (Wildman–Crippen MR) is 74.5 cm³/mol. The maximum atomic E-state index is 5.97. The lowest BCUT2D eigenvalue weighted by Crippen LogP contribution is -2.25. The van der Waals surface area contributed by atoms with Crippen LogP contribution >= 0.6 is 0 Å². The summed E-state index contributed by atoms with van der Waals surface area (Å²) in [7, 11) is 4.29. The Hall–Kier alpha value is -1.22. The van der Waals surface area contributed by atoms with Crippen LogP contribution < -0.4 is 10.6 Å². The molecule has 1 aromatic rings. The van der Waals surface area contributed by atoms with Gasteiger partial charge >= 0.3 is 0 Å². The van der Waals surface area contributed by atoms with Gasteiger partial charge in [-0.1, -0.05) is 6.07 Å². The summed E-state index contributed by atoms with van der Waals surface area (Å²) >= 11 is 0. The van der Waals surface area contributed by atoms with Crippen molar-refractivity contribution in [3.63, 3.8) is 0 Å². The Morgan fingerprint density at radius 3 is 2.82 bits per heavy atom. The van der Waals surface area contributed by atoms with E-state index in [0.717, 1.165) is 30.3 Å². The Morgan fingerprint density at radius 1 is 1.41 bits per heavy atom. The number of rotatable bonds is 3. The molecule has 1 fully saturated rings. The molecule has 94 valence electrons. The number of aryl methyl sites for hydroxylation is 1. The number of anilines is 2. The normalized spacial score (nSPS) is 20.2. The second kappa shape index (κ2) is 4.96. The van der Waals surface area contributed by atoms with E-state index in [-0.39, 0.29) is 0 Å². The van der Waals surface area contributed by atoms with Gasteiger partial charge < -0.3 is 15.5 Å². The molecule has 1 heterocycles. The smallest absolute Gasteiger partial charge is 0.0387 e. The van der Waals surface area contributed by atoms with E-state index >= 15 is 0 Å². The highest BCUT2D eigenvalue weighted by Gasteiger charge is 2.23. The van der Waals surface area contributed by atoms with Crippen molar-refractivity contribution in [2.45, 2.75) is 13.3 Å². The molecule has 0 radical (unpaired) electrons. The van der Waals surface area contributed by atoms with Crippen LogP contribution in [0.4, 0.5) is 11.4 Å². The molecule has 3 heteroatoms. The molecule has 1 aromatic carbocycles. The van der Waals surface area contributed by atoms with E-state index in [4.69, 9.17) is 5.73 Å². The third-order valence-electron chi connectivity index (χ3n) is 3.54. The van der Waals surface area contributed by atoms with Crippen molar-refractivity contribution in [1.29, 1.82) is 0 Å². The summed E-state index contributed by atoms with van der Waals surface area (Å²) in [4.78, 5) is 4.72. The van der Waals surface area contributed by atoms with Crippen molar-refractivity contribution in [3.05, 3.63) is 23.8 Å². The van der Waals surface area contributed by atoms with Crippen molar-refractivity contribution in [3.8, 4) is 0 Å². The number of hydrogen-bond donors (Lipinski definition) is 1. The predicted octanol–water partition coefficient (Wildman–Crippen LogP) is 1.97. The van der Waals surface area contributed by atoms with Crippen molar-refractivity contribution in [2.75, 3.05) is 44.4 Å². The fraction of sp³-hybridized carbons (Fsp3) is 0.571. The van der Waals surface area contributed by atoms with Gasteiger partial charge in [0.15, 0.2) is 0 Å². The molecule has 2 N–H and O–H groups in total. The van der Waals surface area contributed by atoms with Crippen LogP contribution in [-0.2, 0) is 0 Å². The molecular formula is C14H23N3. The summed E-state index contributed by atoms with van der Waals surface area (Å²) in [6.45, 7) is 5.54. The summed E-state index contributed by atoms with van der Waals surface area (Å²) in [5, 5.41) is 0. The van der Waals surface area contributed by atoms with Gasteiger partial charge in [0, 0.05) is 31.0 Å². The minimum absolute atomic E-state index is 0.785. The van der Waals surface area contributed by atoms with E-state index in [2.05, 4.69) is 49.0 Å². The lowest BCUT2D eigenvalue weighted by molar-refractivity contribution is 0.340. The number of hydrogen-bond acceptors (Lipinski definition) is 3. The molecule has 0 spiro atoms. The zero-order chi connectivity index (χ0) is 12.4. The molecule has 2 rings (SSSR count). The largest absolute Gasteiger partial charge is 0.398 e. The Labute approximate surface area is 104 Å². The second-order valence-corrected chi connectivity index (χ2v) is 5.40. The van der Waals surface area contributed by atoms with Crippen LogP contribution in [0.3, 0.4) is 0 Å². The van der Waals surface area contributed by atoms with Crippen molar-refractivity contribution >= 4 is 11.4 Å². The quantitative estimate of drug-likeness (QED) is 0.810. The first-order valence-electron chi connectivity index (χ1n) is 6.32. The van der Waals surface area contributed by atoms with Crippen LogP contribution in [-0.4, -0.2) is 38.6 Å². The van der Waals surface area contributed by atoms with Crippen molar-refractivity contribution in [2.24, 2.45) is 5.92 Å². The van der Waals surface area contributed by atoms with Gasteiger partial charge in [-0.05, 0) is 51.1 Å². The average molecular weight is 233 g/mol. The van der Waals surface area contributed by atoms with Gasteiger partial charge in [0.1, 0.15) is 0 Å². The third kappa shape index (κ3) is 2.91. The van der Waals surface area contributed by atoms with Crippen LogP contribution in [0.1, 0.15) is 12.0 Å². The number of nitrogens with two attached hydrogens (primary N) is 1. The zero-order valence-electron chi connectivity index (χ0n) is 11.1. The third-order valence-corrected chi connectivity index (χ3v) is 3.54. The molecule has 1 aliphatic rings. The molecule has 0 saturated carbocycles. The van der Waals surface area contributed by atoms with Crippen molar-refractivity contribution in [1.82, 2.24) is 4.90 Å². The minimum Gasteiger partial charge on any atom is -0.398 e. The van der Waals surface area contributed by atoms with Crippen LogP contribution in [0.15, 0.2) is 18.2 Å². The van der Waals surface area contributed by atoms with Gasteiger partial charge in [0.2, 0.25) is 0 Å². The van der Waals surface area contributed by atoms with Crippen LogP contribution in [0, 0.1) is 12.8 Å². The van der Waals surface area contributed by atoms with Crippen LogP contribution in [0.2, 0.25) is 0 Å². The monoisotopic (exact) mass is 233 g/mol. The summed E-state index contributed by atoms with van der Waals surface area (Å²) in [6, 6.07) is 6.40. The van der Waals surface area contributed by atoms with Gasteiger partial charge in [-0.25, -0.2) is 0 Å². The highest BCUT2D eigenvalue weighted by atomic mass is 15.2. The lowest BCUT2D eigenvalue weighted by atomic mass is 10.1. The highest BCUT2D eigenvalue weighted by molar-refractivity contribution is 5.60. The highest BCUT2D eigenvalue weighted by Crippen LogP contribution is 2.26. The topological polar surface area (TPSA) is 32.5 Å². The molecule has 0 aromatic heterocycles. The van der Waals surface area contributed by atoms with Crippen LogP contribution in [0.25, 0.3) is 0 Å². The maximum Gasteiger partial charge on any atom is 0.0387 e. The minimum atomic E-state index is 0.785. The summed E-state index contributed by atoms with van der Waals surface area (Å²) < 4.78 is 0. The van der Waals surface area contributed by atoms with Crippen molar-refractivity contribution < 1.29 is 0 Å².